The third-order valence-electron chi connectivity index (χ3n) is 0.711. The number of hydrogen-bond acceptors (Lipinski definition) is 3. The molecule has 0 radical (unpaired) electrons. The standard InChI is InChI=1S/C4H6IN3O/c1-2-9-4-6-3(5)7-8-4/h2H2,1H3,(H,6,7,8). The largest absolute Gasteiger partial charge is 0.463 e. The molecule has 0 unspecified atom stereocenters. The minimum Gasteiger partial charge on any atom is -0.463 e. The molecule has 50 valence electrons. The Hall–Kier alpha value is -0.330. The molecule has 0 aliphatic heterocycles. The van der Waals surface area contributed by atoms with E-state index in [4.69, 9.17) is 4.74 Å². The van der Waals surface area contributed by atoms with Gasteiger partial charge in [-0.15, -0.1) is 5.10 Å². The van der Waals surface area contributed by atoms with Gasteiger partial charge in [-0.05, 0) is 6.92 Å². The highest BCUT2D eigenvalue weighted by Crippen LogP contribution is 2.02. The average molecular weight is 239 g/mol. The fraction of sp³-hybridized carbons (Fsp3) is 0.500. The van der Waals surface area contributed by atoms with Gasteiger partial charge in [0.25, 0.3) is 0 Å². The quantitative estimate of drug-likeness (QED) is 0.777. The summed E-state index contributed by atoms with van der Waals surface area (Å²) in [5, 5.41) is 6.39. The smallest absolute Gasteiger partial charge is 0.336 e. The number of rotatable bonds is 2. The number of aromatic amines is 1. The van der Waals surface area contributed by atoms with Crippen molar-refractivity contribution in [2.24, 2.45) is 0 Å². The third kappa shape index (κ3) is 1.81. The van der Waals surface area contributed by atoms with E-state index in [9.17, 15) is 0 Å². The van der Waals surface area contributed by atoms with Gasteiger partial charge in [0.1, 0.15) is 0 Å². The molecule has 0 aliphatic rings. The lowest BCUT2D eigenvalue weighted by Gasteiger charge is -1.90. The van der Waals surface area contributed by atoms with Gasteiger partial charge in [-0.2, -0.15) is 4.98 Å². The van der Waals surface area contributed by atoms with Crippen LogP contribution in [-0.2, 0) is 0 Å². The minimum atomic E-state index is 0.418. The van der Waals surface area contributed by atoms with Crippen molar-refractivity contribution in [2.45, 2.75) is 6.92 Å². The van der Waals surface area contributed by atoms with Gasteiger partial charge in [-0.1, -0.05) is 0 Å². The predicted molar refractivity (Wildman–Crippen MR) is 40.3 cm³/mol. The van der Waals surface area contributed by atoms with E-state index in [-0.39, 0.29) is 0 Å². The zero-order valence-electron chi connectivity index (χ0n) is 4.89. The summed E-state index contributed by atoms with van der Waals surface area (Å²) in [4.78, 5) is 3.90. The van der Waals surface area contributed by atoms with Gasteiger partial charge in [0.15, 0.2) is 3.83 Å². The minimum absolute atomic E-state index is 0.418. The Morgan fingerprint density at radius 2 is 2.56 bits per heavy atom. The van der Waals surface area contributed by atoms with E-state index in [0.29, 0.717) is 12.6 Å². The van der Waals surface area contributed by atoms with Gasteiger partial charge >= 0.3 is 6.01 Å². The Labute approximate surface area is 66.2 Å². The van der Waals surface area contributed by atoms with Crippen LogP contribution >= 0.6 is 22.6 Å². The second-order valence-corrected chi connectivity index (χ2v) is 2.36. The van der Waals surface area contributed by atoms with Crippen molar-refractivity contribution in [3.63, 3.8) is 0 Å². The lowest BCUT2D eigenvalue weighted by molar-refractivity contribution is 0.314. The van der Waals surface area contributed by atoms with Crippen LogP contribution < -0.4 is 4.74 Å². The molecule has 1 heterocycles. The third-order valence-corrected chi connectivity index (χ3v) is 1.19. The first-order chi connectivity index (χ1) is 4.33. The lowest BCUT2D eigenvalue weighted by atomic mass is 10.9. The molecule has 1 rings (SSSR count). The van der Waals surface area contributed by atoms with E-state index in [2.05, 4.69) is 15.2 Å². The van der Waals surface area contributed by atoms with Crippen LogP contribution in [0.2, 0.25) is 0 Å². The molecule has 0 amide bonds. The molecular weight excluding hydrogens is 233 g/mol. The van der Waals surface area contributed by atoms with Gasteiger partial charge in [-0.3, -0.25) is 5.10 Å². The van der Waals surface area contributed by atoms with Crippen LogP contribution in [0.3, 0.4) is 0 Å². The first kappa shape index (κ1) is 6.79. The highest BCUT2D eigenvalue weighted by atomic mass is 127. The second kappa shape index (κ2) is 3.00. The molecule has 4 nitrogen and oxygen atoms in total. The van der Waals surface area contributed by atoms with E-state index in [1.54, 1.807) is 0 Å². The summed E-state index contributed by atoms with van der Waals surface area (Å²) in [5.41, 5.74) is 0. The molecular formula is C4H6IN3O. The molecule has 9 heavy (non-hydrogen) atoms. The molecule has 0 spiro atoms. The molecule has 1 N–H and O–H groups in total. The fourth-order valence-electron chi connectivity index (χ4n) is 0.422. The number of ether oxygens (including phenoxy) is 1. The Morgan fingerprint density at radius 1 is 1.78 bits per heavy atom. The summed E-state index contributed by atoms with van der Waals surface area (Å²) < 4.78 is 5.71. The molecule has 0 fully saturated rings. The van der Waals surface area contributed by atoms with Crippen molar-refractivity contribution in [3.8, 4) is 6.01 Å². The molecule has 5 heteroatoms. The summed E-state index contributed by atoms with van der Waals surface area (Å²) in [6.07, 6.45) is 0. The topological polar surface area (TPSA) is 50.8 Å². The summed E-state index contributed by atoms with van der Waals surface area (Å²) in [7, 11) is 0. The van der Waals surface area contributed by atoms with Crippen molar-refractivity contribution >= 4 is 22.6 Å². The van der Waals surface area contributed by atoms with Gasteiger partial charge in [0.05, 0.1) is 6.61 Å². The van der Waals surface area contributed by atoms with Crippen LogP contribution in [0, 0.1) is 3.83 Å². The highest BCUT2D eigenvalue weighted by molar-refractivity contribution is 14.1. The van der Waals surface area contributed by atoms with Crippen molar-refractivity contribution in [2.75, 3.05) is 6.61 Å². The molecule has 0 saturated heterocycles. The number of nitrogens with zero attached hydrogens (tertiary/aromatic N) is 2. The van der Waals surface area contributed by atoms with Gasteiger partial charge in [0.2, 0.25) is 0 Å². The van der Waals surface area contributed by atoms with Crippen LogP contribution in [0.4, 0.5) is 0 Å². The fourth-order valence-corrected chi connectivity index (χ4v) is 0.749. The maximum Gasteiger partial charge on any atom is 0.336 e. The molecule has 1 aromatic heterocycles. The van der Waals surface area contributed by atoms with Gasteiger partial charge in [-0.25, -0.2) is 0 Å². The molecule has 0 bridgehead atoms. The monoisotopic (exact) mass is 239 g/mol. The molecule has 0 aromatic carbocycles. The number of halogens is 1. The second-order valence-electron chi connectivity index (χ2n) is 1.34. The van der Waals surface area contributed by atoms with Crippen molar-refractivity contribution in [3.05, 3.63) is 3.83 Å². The average Bonchev–Trinajstić information content (AvgIpc) is 2.17. The van der Waals surface area contributed by atoms with E-state index < -0.39 is 0 Å². The maximum atomic E-state index is 4.97. The Kier molecular flexibility index (Phi) is 2.26. The summed E-state index contributed by atoms with van der Waals surface area (Å²) in [5.74, 6) is 0. The Bertz CT molecular complexity index is 188. The van der Waals surface area contributed by atoms with E-state index in [1.165, 1.54) is 0 Å². The SMILES string of the molecule is CCOc1n[nH]c(I)n1. The number of aromatic nitrogens is 3. The molecule has 0 atom stereocenters. The zero-order chi connectivity index (χ0) is 6.69. The van der Waals surface area contributed by atoms with Crippen molar-refractivity contribution in [1.82, 2.24) is 15.2 Å². The molecule has 0 saturated carbocycles. The van der Waals surface area contributed by atoms with Crippen molar-refractivity contribution in [1.29, 1.82) is 0 Å². The Morgan fingerprint density at radius 3 is 3.00 bits per heavy atom. The number of hydrogen-bond donors (Lipinski definition) is 1. The normalized spacial score (nSPS) is 9.56. The summed E-state index contributed by atoms with van der Waals surface area (Å²) >= 11 is 2.03. The summed E-state index contributed by atoms with van der Waals surface area (Å²) in [6, 6.07) is 0.418. The van der Waals surface area contributed by atoms with Crippen LogP contribution in [0.25, 0.3) is 0 Å². The first-order valence-corrected chi connectivity index (χ1v) is 3.61. The molecule has 0 aliphatic carbocycles. The number of nitrogens with one attached hydrogen (secondary N) is 1. The van der Waals surface area contributed by atoms with E-state index >= 15 is 0 Å². The van der Waals surface area contributed by atoms with Crippen LogP contribution in [0.1, 0.15) is 6.92 Å². The van der Waals surface area contributed by atoms with Gasteiger partial charge in [0, 0.05) is 22.6 Å². The highest BCUT2D eigenvalue weighted by Gasteiger charge is 1.96. The summed E-state index contributed by atoms with van der Waals surface area (Å²) in [6.45, 7) is 2.50. The predicted octanol–water partition coefficient (Wildman–Crippen LogP) is 0.808. The maximum absolute atomic E-state index is 4.97. The van der Waals surface area contributed by atoms with E-state index in [1.807, 2.05) is 29.5 Å². The lowest BCUT2D eigenvalue weighted by Crippen LogP contribution is -1.92. The Balaban J connectivity index is 2.61. The first-order valence-electron chi connectivity index (χ1n) is 2.53. The van der Waals surface area contributed by atoms with Crippen LogP contribution in [0.5, 0.6) is 6.01 Å². The van der Waals surface area contributed by atoms with E-state index in [0.717, 1.165) is 3.83 Å². The van der Waals surface area contributed by atoms with Gasteiger partial charge < -0.3 is 4.74 Å². The van der Waals surface area contributed by atoms with Crippen LogP contribution in [-0.4, -0.2) is 21.8 Å². The van der Waals surface area contributed by atoms with Crippen LogP contribution in [0.15, 0.2) is 0 Å². The zero-order valence-corrected chi connectivity index (χ0v) is 7.05. The number of H-pyrrole nitrogens is 1. The van der Waals surface area contributed by atoms with Crippen molar-refractivity contribution < 1.29 is 4.74 Å². The molecule has 1 aromatic rings.